The van der Waals surface area contributed by atoms with E-state index in [1.54, 1.807) is 0 Å². The Hall–Kier alpha value is -3.04. The number of hydrogen-bond acceptors (Lipinski definition) is 4. The Balaban J connectivity index is 1.70. The van der Waals surface area contributed by atoms with E-state index < -0.39 is 23.5 Å². The molecule has 3 rings (SSSR count). The lowest BCUT2D eigenvalue weighted by molar-refractivity contribution is -0.141. The number of H-pyrrole nitrogens is 1. The van der Waals surface area contributed by atoms with E-state index in [2.05, 4.69) is 15.4 Å². The van der Waals surface area contributed by atoms with E-state index in [-0.39, 0.29) is 6.54 Å². The summed E-state index contributed by atoms with van der Waals surface area (Å²) >= 11 is 0. The van der Waals surface area contributed by atoms with E-state index in [1.165, 1.54) is 18.2 Å². The first kappa shape index (κ1) is 14.9. The van der Waals surface area contributed by atoms with Gasteiger partial charge < -0.3 is 9.73 Å². The summed E-state index contributed by atoms with van der Waals surface area (Å²) in [6.45, 7) is -0.379. The van der Waals surface area contributed by atoms with Crippen LogP contribution in [-0.2, 0) is 17.5 Å². The van der Waals surface area contributed by atoms with Crippen LogP contribution in [-0.4, -0.2) is 20.7 Å². The molecule has 2 aromatic heterocycles. The highest BCUT2D eigenvalue weighted by Crippen LogP contribution is 2.27. The lowest BCUT2D eigenvalue weighted by atomic mass is 10.3. The summed E-state index contributed by atoms with van der Waals surface area (Å²) in [4.78, 5) is 25.3. The maximum Gasteiger partial charge on any atom is 0.435 e. The van der Waals surface area contributed by atoms with Gasteiger partial charge in [-0.2, -0.15) is 18.3 Å². The first-order valence-electron chi connectivity index (χ1n) is 6.35. The Labute approximate surface area is 125 Å². The SMILES string of the molecule is O=C(Cn1ccc(C(F)(F)F)n1)Nc1ccc2oc(=O)[nH]c2c1. The number of oxazole rings is 1. The molecule has 0 aliphatic rings. The van der Waals surface area contributed by atoms with Crippen molar-refractivity contribution in [2.45, 2.75) is 12.7 Å². The molecule has 7 nitrogen and oxygen atoms in total. The summed E-state index contributed by atoms with van der Waals surface area (Å²) in [7, 11) is 0. The number of anilines is 1. The Kier molecular flexibility index (Phi) is 3.43. The highest BCUT2D eigenvalue weighted by Gasteiger charge is 2.33. The molecule has 0 aliphatic carbocycles. The molecule has 0 radical (unpaired) electrons. The van der Waals surface area contributed by atoms with Gasteiger partial charge >= 0.3 is 11.9 Å². The molecule has 2 heterocycles. The highest BCUT2D eigenvalue weighted by atomic mass is 19.4. The van der Waals surface area contributed by atoms with Gasteiger partial charge in [0.15, 0.2) is 11.3 Å². The smallest absolute Gasteiger partial charge is 0.408 e. The van der Waals surface area contributed by atoms with E-state index in [1.807, 2.05) is 0 Å². The van der Waals surface area contributed by atoms with E-state index >= 15 is 0 Å². The van der Waals surface area contributed by atoms with E-state index in [0.29, 0.717) is 16.8 Å². The molecular formula is C13H9F3N4O3. The molecule has 0 bridgehead atoms. The number of halogens is 3. The standard InChI is InChI=1S/C13H9F3N4O3/c14-13(15,16)10-3-4-20(19-10)6-11(21)17-7-1-2-9-8(5-7)18-12(22)23-9/h1-5H,6H2,(H,17,21)(H,18,22). The van der Waals surface area contributed by atoms with Gasteiger partial charge in [0.2, 0.25) is 5.91 Å². The number of aromatic nitrogens is 3. The second-order valence-electron chi connectivity index (χ2n) is 4.67. The zero-order valence-electron chi connectivity index (χ0n) is 11.3. The molecule has 0 fully saturated rings. The number of rotatable bonds is 3. The van der Waals surface area contributed by atoms with Crippen LogP contribution >= 0.6 is 0 Å². The summed E-state index contributed by atoms with van der Waals surface area (Å²) in [6.07, 6.45) is -3.49. The van der Waals surface area contributed by atoms with Crippen LogP contribution in [0.2, 0.25) is 0 Å². The molecule has 0 aliphatic heterocycles. The number of carbonyl (C=O) groups excluding carboxylic acids is 1. The van der Waals surface area contributed by atoms with Gasteiger partial charge in [-0.15, -0.1) is 0 Å². The predicted molar refractivity (Wildman–Crippen MR) is 72.7 cm³/mol. The molecule has 0 spiro atoms. The van der Waals surface area contributed by atoms with Crippen molar-refractivity contribution in [2.75, 3.05) is 5.32 Å². The largest absolute Gasteiger partial charge is 0.435 e. The van der Waals surface area contributed by atoms with Crippen LogP contribution in [0, 0.1) is 0 Å². The quantitative estimate of drug-likeness (QED) is 0.769. The number of nitrogens with zero attached hydrogens (tertiary/aromatic N) is 2. The van der Waals surface area contributed by atoms with Crippen molar-refractivity contribution in [3.63, 3.8) is 0 Å². The Morgan fingerprint density at radius 3 is 2.83 bits per heavy atom. The second kappa shape index (κ2) is 5.30. The number of carbonyl (C=O) groups is 1. The van der Waals surface area contributed by atoms with Crippen LogP contribution < -0.4 is 11.1 Å². The summed E-state index contributed by atoms with van der Waals surface area (Å²) in [5.74, 6) is -1.19. The maximum absolute atomic E-state index is 12.4. The monoisotopic (exact) mass is 326 g/mol. The average Bonchev–Trinajstić information content (AvgIpc) is 3.03. The van der Waals surface area contributed by atoms with E-state index in [4.69, 9.17) is 4.42 Å². The minimum Gasteiger partial charge on any atom is -0.408 e. The van der Waals surface area contributed by atoms with E-state index in [0.717, 1.165) is 16.9 Å². The van der Waals surface area contributed by atoms with Crippen LogP contribution in [0.1, 0.15) is 5.69 Å². The molecule has 0 saturated heterocycles. The number of fused-ring (bicyclic) bond motifs is 1. The van der Waals surface area contributed by atoms with Crippen molar-refractivity contribution >= 4 is 22.7 Å². The van der Waals surface area contributed by atoms with Crippen LogP contribution in [0.25, 0.3) is 11.1 Å². The minimum atomic E-state index is -4.56. The molecule has 23 heavy (non-hydrogen) atoms. The Bertz CT molecular complexity index is 922. The minimum absolute atomic E-state index is 0.329. The topological polar surface area (TPSA) is 92.9 Å². The number of alkyl halides is 3. The van der Waals surface area contributed by atoms with Crippen molar-refractivity contribution in [2.24, 2.45) is 0 Å². The van der Waals surface area contributed by atoms with Crippen molar-refractivity contribution in [3.05, 3.63) is 46.7 Å². The highest BCUT2D eigenvalue weighted by molar-refractivity contribution is 5.92. The fourth-order valence-electron chi connectivity index (χ4n) is 1.98. The maximum atomic E-state index is 12.4. The van der Waals surface area contributed by atoms with Gasteiger partial charge in [0.1, 0.15) is 6.54 Å². The first-order chi connectivity index (χ1) is 10.8. The van der Waals surface area contributed by atoms with Crippen molar-refractivity contribution in [3.8, 4) is 0 Å². The lowest BCUT2D eigenvalue weighted by Gasteiger charge is -2.05. The molecule has 0 saturated carbocycles. The molecule has 3 aromatic rings. The number of benzene rings is 1. The normalized spacial score (nSPS) is 11.8. The Morgan fingerprint density at radius 2 is 2.13 bits per heavy atom. The van der Waals surface area contributed by atoms with Gasteiger partial charge in [-0.25, -0.2) is 4.79 Å². The molecule has 120 valence electrons. The van der Waals surface area contributed by atoms with Gasteiger partial charge in [-0.3, -0.25) is 14.5 Å². The summed E-state index contributed by atoms with van der Waals surface area (Å²) in [5, 5.41) is 5.78. The van der Waals surface area contributed by atoms with Gasteiger partial charge in [0.25, 0.3) is 0 Å². The average molecular weight is 326 g/mol. The number of amides is 1. The second-order valence-corrected chi connectivity index (χ2v) is 4.67. The molecule has 0 atom stereocenters. The summed E-state index contributed by atoms with van der Waals surface area (Å²) in [5.41, 5.74) is 0.0200. The zero-order valence-corrected chi connectivity index (χ0v) is 11.3. The number of nitrogens with one attached hydrogen (secondary N) is 2. The van der Waals surface area contributed by atoms with Crippen LogP contribution in [0.15, 0.2) is 39.7 Å². The van der Waals surface area contributed by atoms with E-state index in [9.17, 15) is 22.8 Å². The van der Waals surface area contributed by atoms with Crippen LogP contribution in [0.5, 0.6) is 0 Å². The van der Waals surface area contributed by atoms with Gasteiger partial charge in [0, 0.05) is 11.9 Å². The Morgan fingerprint density at radius 1 is 1.35 bits per heavy atom. The summed E-state index contributed by atoms with van der Waals surface area (Å²) in [6, 6.07) is 5.25. The zero-order chi connectivity index (χ0) is 16.6. The third kappa shape index (κ3) is 3.25. The lowest BCUT2D eigenvalue weighted by Crippen LogP contribution is -2.19. The first-order valence-corrected chi connectivity index (χ1v) is 6.35. The molecule has 10 heteroatoms. The van der Waals surface area contributed by atoms with Gasteiger partial charge in [-0.05, 0) is 24.3 Å². The fraction of sp³-hybridized carbons (Fsp3) is 0.154. The molecule has 1 aromatic carbocycles. The van der Waals surface area contributed by atoms with Gasteiger partial charge in [0.05, 0.1) is 5.52 Å². The number of hydrogen-bond donors (Lipinski definition) is 2. The molecule has 2 N–H and O–H groups in total. The molecule has 0 unspecified atom stereocenters. The predicted octanol–water partition coefficient (Wildman–Crippen LogP) is 1.98. The number of aromatic amines is 1. The van der Waals surface area contributed by atoms with Crippen molar-refractivity contribution in [1.82, 2.24) is 14.8 Å². The third-order valence-electron chi connectivity index (χ3n) is 2.94. The van der Waals surface area contributed by atoms with Gasteiger partial charge in [-0.1, -0.05) is 0 Å². The van der Waals surface area contributed by atoms with Crippen LogP contribution in [0.3, 0.4) is 0 Å². The third-order valence-corrected chi connectivity index (χ3v) is 2.94. The molecule has 1 amide bonds. The van der Waals surface area contributed by atoms with Crippen LogP contribution in [0.4, 0.5) is 18.9 Å². The summed E-state index contributed by atoms with van der Waals surface area (Å²) < 4.78 is 43.0. The van der Waals surface area contributed by atoms with Crippen molar-refractivity contribution in [1.29, 1.82) is 0 Å². The fourth-order valence-corrected chi connectivity index (χ4v) is 1.98. The van der Waals surface area contributed by atoms with Crippen molar-refractivity contribution < 1.29 is 22.4 Å². The molecular weight excluding hydrogens is 317 g/mol.